The van der Waals surface area contributed by atoms with Gasteiger partial charge in [0.15, 0.2) is 6.10 Å². The van der Waals surface area contributed by atoms with E-state index in [1.165, 1.54) is 5.01 Å². The van der Waals surface area contributed by atoms with Crippen molar-refractivity contribution in [2.45, 2.75) is 32.5 Å². The summed E-state index contributed by atoms with van der Waals surface area (Å²) in [6, 6.07) is 14.1. The van der Waals surface area contributed by atoms with Crippen LogP contribution in [-0.2, 0) is 4.79 Å². The Morgan fingerprint density at radius 2 is 2.04 bits per heavy atom. The van der Waals surface area contributed by atoms with E-state index in [1.807, 2.05) is 25.1 Å². The van der Waals surface area contributed by atoms with Crippen molar-refractivity contribution >= 4 is 29.1 Å². The Bertz CT molecular complexity index is 813. The Morgan fingerprint density at radius 3 is 2.73 bits per heavy atom. The normalized spacial score (nSPS) is 17.1. The van der Waals surface area contributed by atoms with Crippen molar-refractivity contribution < 1.29 is 14.3 Å². The summed E-state index contributed by atoms with van der Waals surface area (Å²) in [6.07, 6.45) is -0.505. The summed E-state index contributed by atoms with van der Waals surface area (Å²) in [5.74, 6) is -0.135. The van der Waals surface area contributed by atoms with E-state index in [9.17, 15) is 9.59 Å². The number of rotatable bonds is 5. The lowest BCUT2D eigenvalue weighted by Gasteiger charge is -2.37. The quantitative estimate of drug-likeness (QED) is 0.842. The molecule has 2 N–H and O–H groups in total. The average Bonchev–Trinajstić information content (AvgIpc) is 2.65. The lowest BCUT2D eigenvalue weighted by atomic mass is 10.1. The van der Waals surface area contributed by atoms with Crippen molar-refractivity contribution in [2.24, 2.45) is 0 Å². The van der Waals surface area contributed by atoms with Crippen molar-refractivity contribution in [2.75, 3.05) is 5.32 Å². The van der Waals surface area contributed by atoms with E-state index < -0.39 is 12.0 Å². The van der Waals surface area contributed by atoms with Gasteiger partial charge in [-0.1, -0.05) is 36.7 Å². The van der Waals surface area contributed by atoms with Crippen LogP contribution >= 0.6 is 11.6 Å². The van der Waals surface area contributed by atoms with Gasteiger partial charge in [-0.05, 0) is 43.7 Å². The number of amides is 2. The van der Waals surface area contributed by atoms with Crippen molar-refractivity contribution in [1.82, 2.24) is 10.4 Å². The summed E-state index contributed by atoms with van der Waals surface area (Å²) in [5.41, 5.74) is 3.78. The van der Waals surface area contributed by atoms with Crippen molar-refractivity contribution in [3.63, 3.8) is 0 Å². The summed E-state index contributed by atoms with van der Waals surface area (Å²) in [6.45, 7) is 3.56. The molecule has 7 heteroatoms. The molecule has 1 aliphatic rings. The van der Waals surface area contributed by atoms with E-state index in [4.69, 9.17) is 16.3 Å². The Hall–Kier alpha value is -2.73. The minimum atomic E-state index is -0.761. The number of fused-ring (bicyclic) bond motifs is 1. The number of nitrogens with one attached hydrogen (secondary N) is 2. The van der Waals surface area contributed by atoms with Gasteiger partial charge in [0.2, 0.25) is 0 Å². The zero-order valence-corrected chi connectivity index (χ0v) is 15.3. The van der Waals surface area contributed by atoms with Crippen molar-refractivity contribution in [3.8, 4) is 5.75 Å². The maximum Gasteiger partial charge on any atom is 0.279 e. The molecule has 0 aliphatic carbocycles. The zero-order chi connectivity index (χ0) is 18.7. The fourth-order valence-electron chi connectivity index (χ4n) is 2.71. The lowest BCUT2D eigenvalue weighted by Crippen LogP contribution is -2.59. The third-order valence-corrected chi connectivity index (χ3v) is 4.34. The van der Waals surface area contributed by atoms with E-state index in [2.05, 4.69) is 10.7 Å². The summed E-state index contributed by atoms with van der Waals surface area (Å²) >= 11 is 6.00. The molecule has 6 nitrogen and oxygen atoms in total. The number of benzene rings is 2. The number of hydrazine groups is 1. The molecule has 0 radical (unpaired) electrons. The molecule has 2 aromatic carbocycles. The second kappa shape index (κ2) is 7.66. The molecule has 2 aromatic rings. The van der Waals surface area contributed by atoms with E-state index >= 15 is 0 Å². The van der Waals surface area contributed by atoms with Gasteiger partial charge in [-0.2, -0.15) is 0 Å². The number of carbonyl (C=O) groups is 2. The summed E-state index contributed by atoms with van der Waals surface area (Å²) in [7, 11) is 0. The van der Waals surface area contributed by atoms with Crippen LogP contribution in [0.25, 0.3) is 0 Å². The fourth-order valence-corrected chi connectivity index (χ4v) is 2.89. The Morgan fingerprint density at radius 1 is 1.31 bits per heavy atom. The van der Waals surface area contributed by atoms with Gasteiger partial charge in [-0.25, -0.2) is 5.01 Å². The van der Waals surface area contributed by atoms with Crippen LogP contribution in [0.5, 0.6) is 5.75 Å². The van der Waals surface area contributed by atoms with Crippen LogP contribution in [0, 0.1) is 0 Å². The van der Waals surface area contributed by atoms with Crippen LogP contribution in [-0.4, -0.2) is 29.1 Å². The van der Waals surface area contributed by atoms with E-state index in [0.717, 1.165) is 0 Å². The van der Waals surface area contributed by atoms with E-state index in [1.54, 1.807) is 37.3 Å². The molecule has 136 valence electrons. The number of hydrogen-bond donors (Lipinski definition) is 2. The minimum absolute atomic E-state index is 0.312. The number of para-hydroxylation sites is 1. The number of ether oxygens (including phenoxy) is 1. The highest BCUT2D eigenvalue weighted by molar-refractivity contribution is 6.31. The molecular weight excluding hydrogens is 354 g/mol. The summed E-state index contributed by atoms with van der Waals surface area (Å²) in [5, 5.41) is 5.00. The van der Waals surface area contributed by atoms with Gasteiger partial charge in [0, 0.05) is 10.7 Å². The zero-order valence-electron chi connectivity index (χ0n) is 14.5. The van der Waals surface area contributed by atoms with Gasteiger partial charge in [0.05, 0.1) is 5.56 Å². The predicted octanol–water partition coefficient (Wildman–Crippen LogP) is 3.44. The minimum Gasteiger partial charge on any atom is -0.481 e. The van der Waals surface area contributed by atoms with Gasteiger partial charge in [-0.15, -0.1) is 0 Å². The first-order valence-electron chi connectivity index (χ1n) is 8.41. The van der Waals surface area contributed by atoms with Gasteiger partial charge in [0.25, 0.3) is 11.8 Å². The SMILES string of the molecule is CCC1Nc2ccc(Cl)cc2C(=O)N1NC(=O)C(C)Oc1ccccc1. The van der Waals surface area contributed by atoms with Crippen LogP contribution in [0.15, 0.2) is 48.5 Å². The van der Waals surface area contributed by atoms with Gasteiger partial charge in [0.1, 0.15) is 11.9 Å². The Balaban J connectivity index is 1.75. The molecular formula is C19H20ClN3O3. The third kappa shape index (κ3) is 3.75. The van der Waals surface area contributed by atoms with E-state index in [0.29, 0.717) is 28.4 Å². The molecule has 0 spiro atoms. The maximum atomic E-state index is 12.8. The Labute approximate surface area is 157 Å². The van der Waals surface area contributed by atoms with Crippen LogP contribution in [0.4, 0.5) is 5.69 Å². The number of anilines is 1. The van der Waals surface area contributed by atoms with Crippen LogP contribution in [0.1, 0.15) is 30.6 Å². The number of hydrogen-bond acceptors (Lipinski definition) is 4. The smallest absolute Gasteiger partial charge is 0.279 e. The molecule has 0 fully saturated rings. The highest BCUT2D eigenvalue weighted by atomic mass is 35.5. The van der Waals surface area contributed by atoms with E-state index in [-0.39, 0.29) is 12.1 Å². The molecule has 1 heterocycles. The molecule has 1 aliphatic heterocycles. The number of nitrogens with zero attached hydrogens (tertiary/aromatic N) is 1. The summed E-state index contributed by atoms with van der Waals surface area (Å²) < 4.78 is 5.62. The van der Waals surface area contributed by atoms with Gasteiger partial charge < -0.3 is 10.1 Å². The maximum absolute atomic E-state index is 12.8. The molecule has 26 heavy (non-hydrogen) atoms. The van der Waals surface area contributed by atoms with Crippen LogP contribution in [0.2, 0.25) is 5.02 Å². The number of halogens is 1. The first-order valence-corrected chi connectivity index (χ1v) is 8.79. The molecule has 0 saturated heterocycles. The Kier molecular flexibility index (Phi) is 5.32. The molecule has 0 aromatic heterocycles. The first-order chi connectivity index (χ1) is 12.5. The number of carbonyl (C=O) groups excluding carboxylic acids is 2. The third-order valence-electron chi connectivity index (χ3n) is 4.11. The first kappa shape index (κ1) is 18.1. The van der Waals surface area contributed by atoms with Crippen molar-refractivity contribution in [1.29, 1.82) is 0 Å². The standard InChI is InChI=1S/C19H20ClN3O3/c1-3-17-21-16-10-9-13(20)11-15(16)19(25)23(17)22-18(24)12(2)26-14-7-5-4-6-8-14/h4-12,17,21H,3H2,1-2H3,(H,22,24). The summed E-state index contributed by atoms with van der Waals surface area (Å²) in [4.78, 5) is 25.3. The van der Waals surface area contributed by atoms with Crippen LogP contribution < -0.4 is 15.5 Å². The van der Waals surface area contributed by atoms with Crippen molar-refractivity contribution in [3.05, 3.63) is 59.1 Å². The average molecular weight is 374 g/mol. The molecule has 3 rings (SSSR count). The fraction of sp³-hybridized carbons (Fsp3) is 0.263. The van der Waals surface area contributed by atoms with Gasteiger partial charge >= 0.3 is 0 Å². The molecule has 2 atom stereocenters. The largest absolute Gasteiger partial charge is 0.481 e. The molecule has 2 amide bonds. The second-order valence-corrected chi connectivity index (χ2v) is 6.42. The molecule has 0 bridgehead atoms. The molecule has 2 unspecified atom stereocenters. The highest BCUT2D eigenvalue weighted by Gasteiger charge is 2.33. The lowest BCUT2D eigenvalue weighted by molar-refractivity contribution is -0.132. The second-order valence-electron chi connectivity index (χ2n) is 5.98. The molecule has 0 saturated carbocycles. The topological polar surface area (TPSA) is 70.7 Å². The predicted molar refractivity (Wildman–Crippen MR) is 100.0 cm³/mol. The van der Waals surface area contributed by atoms with Gasteiger partial charge in [-0.3, -0.25) is 15.0 Å². The monoisotopic (exact) mass is 373 g/mol. The highest BCUT2D eigenvalue weighted by Crippen LogP contribution is 2.28. The van der Waals surface area contributed by atoms with Crippen LogP contribution in [0.3, 0.4) is 0 Å².